The van der Waals surface area contributed by atoms with Gasteiger partial charge in [-0.25, -0.2) is 9.18 Å². The summed E-state index contributed by atoms with van der Waals surface area (Å²) in [6.45, 7) is -0.476. The smallest absolute Gasteiger partial charge is 0.340 e. The molecule has 1 heterocycles. The maximum atomic E-state index is 13.0. The predicted molar refractivity (Wildman–Crippen MR) is 93.2 cm³/mol. The number of nitrogens with one attached hydrogen (secondary N) is 1. The van der Waals surface area contributed by atoms with Crippen molar-refractivity contribution in [3.05, 3.63) is 65.1 Å². The molecule has 0 atom stereocenters. The molecule has 5 nitrogen and oxygen atoms in total. The van der Waals surface area contributed by atoms with Gasteiger partial charge < -0.3 is 14.6 Å². The quantitative estimate of drug-likeness (QED) is 0.720. The molecule has 0 aliphatic heterocycles. The Labute approximate surface area is 148 Å². The van der Waals surface area contributed by atoms with Gasteiger partial charge in [-0.2, -0.15) is 0 Å². The highest BCUT2D eigenvalue weighted by molar-refractivity contribution is 6.33. The standard InChI is InChI=1S/C18H14ClFN2O3/c1-22-9-13(12-4-2-3-5-16(12)22)18(24)25-10-17(23)21-15-7-6-11(20)8-14(15)19/h2-9H,10H2,1H3,(H,21,23). The van der Waals surface area contributed by atoms with Crippen LogP contribution in [-0.2, 0) is 16.6 Å². The lowest BCUT2D eigenvalue weighted by molar-refractivity contribution is -0.119. The maximum Gasteiger partial charge on any atom is 0.340 e. The molecule has 0 spiro atoms. The Morgan fingerprint density at radius 2 is 2.00 bits per heavy atom. The molecule has 0 aliphatic carbocycles. The monoisotopic (exact) mass is 360 g/mol. The summed E-state index contributed by atoms with van der Waals surface area (Å²) in [5.41, 5.74) is 1.51. The molecule has 0 aliphatic rings. The van der Waals surface area contributed by atoms with E-state index in [1.165, 1.54) is 12.1 Å². The fraction of sp³-hybridized carbons (Fsp3) is 0.111. The van der Waals surface area contributed by atoms with Gasteiger partial charge in [-0.3, -0.25) is 4.79 Å². The highest BCUT2D eigenvalue weighted by atomic mass is 35.5. The van der Waals surface area contributed by atoms with Gasteiger partial charge in [0, 0.05) is 24.1 Å². The number of hydrogen-bond acceptors (Lipinski definition) is 3. The summed E-state index contributed by atoms with van der Waals surface area (Å²) in [4.78, 5) is 24.2. The first-order chi connectivity index (χ1) is 12.0. The van der Waals surface area contributed by atoms with Gasteiger partial charge in [0.15, 0.2) is 6.61 Å². The van der Waals surface area contributed by atoms with E-state index in [9.17, 15) is 14.0 Å². The molecule has 0 unspecified atom stereocenters. The van der Waals surface area contributed by atoms with Crippen molar-refractivity contribution in [1.82, 2.24) is 4.57 Å². The second kappa shape index (κ2) is 6.94. The van der Waals surface area contributed by atoms with E-state index in [-0.39, 0.29) is 10.7 Å². The summed E-state index contributed by atoms with van der Waals surface area (Å²) < 4.78 is 19.9. The Morgan fingerprint density at radius 1 is 1.24 bits per heavy atom. The first kappa shape index (κ1) is 17.0. The first-order valence-electron chi connectivity index (χ1n) is 7.42. The predicted octanol–water partition coefficient (Wildman–Crippen LogP) is 3.77. The number of nitrogens with zero attached hydrogens (tertiary/aromatic N) is 1. The number of ether oxygens (including phenoxy) is 1. The van der Waals surface area contributed by atoms with E-state index in [4.69, 9.17) is 16.3 Å². The van der Waals surface area contributed by atoms with Gasteiger partial charge in [0.25, 0.3) is 5.91 Å². The molecule has 3 aromatic rings. The van der Waals surface area contributed by atoms with Crippen LogP contribution in [0.15, 0.2) is 48.7 Å². The van der Waals surface area contributed by atoms with Crippen LogP contribution in [0.4, 0.5) is 10.1 Å². The van der Waals surface area contributed by atoms with Crippen LogP contribution in [0.25, 0.3) is 10.9 Å². The topological polar surface area (TPSA) is 60.3 Å². The Hall–Kier alpha value is -2.86. The van der Waals surface area contributed by atoms with Crippen molar-refractivity contribution in [2.24, 2.45) is 7.05 Å². The zero-order valence-corrected chi connectivity index (χ0v) is 14.0. The number of hydrogen-bond donors (Lipinski definition) is 1. The molecule has 3 rings (SSSR count). The second-order valence-corrected chi connectivity index (χ2v) is 5.83. The fourth-order valence-corrected chi connectivity index (χ4v) is 2.70. The van der Waals surface area contributed by atoms with E-state index in [0.29, 0.717) is 5.56 Å². The van der Waals surface area contributed by atoms with E-state index in [0.717, 1.165) is 17.0 Å². The van der Waals surface area contributed by atoms with Crippen LogP contribution in [0, 0.1) is 5.82 Å². The summed E-state index contributed by atoms with van der Waals surface area (Å²) in [6, 6.07) is 11.0. The molecule has 0 bridgehead atoms. The number of aryl methyl sites for hydroxylation is 1. The molecule has 1 aromatic heterocycles. The number of carbonyl (C=O) groups excluding carboxylic acids is 2. The van der Waals surface area contributed by atoms with E-state index in [2.05, 4.69) is 5.32 Å². The Bertz CT molecular complexity index is 968. The third-order valence-corrected chi connectivity index (χ3v) is 3.97. The normalized spacial score (nSPS) is 10.7. The largest absolute Gasteiger partial charge is 0.452 e. The lowest BCUT2D eigenvalue weighted by atomic mass is 10.2. The van der Waals surface area contributed by atoms with Crippen molar-refractivity contribution in [1.29, 1.82) is 0 Å². The van der Waals surface area contributed by atoms with Crippen LogP contribution in [0.5, 0.6) is 0 Å². The number of halogens is 2. The third-order valence-electron chi connectivity index (χ3n) is 3.66. The first-order valence-corrected chi connectivity index (χ1v) is 7.79. The molecule has 0 radical (unpaired) electrons. The second-order valence-electron chi connectivity index (χ2n) is 5.42. The molecule has 0 saturated carbocycles. The van der Waals surface area contributed by atoms with Gasteiger partial charge in [-0.05, 0) is 24.3 Å². The summed E-state index contributed by atoms with van der Waals surface area (Å²) in [7, 11) is 1.82. The molecule has 25 heavy (non-hydrogen) atoms. The highest BCUT2D eigenvalue weighted by Gasteiger charge is 2.16. The molecule has 1 N–H and O–H groups in total. The van der Waals surface area contributed by atoms with Crippen LogP contribution < -0.4 is 5.32 Å². The number of esters is 1. The van der Waals surface area contributed by atoms with Gasteiger partial charge >= 0.3 is 5.97 Å². The van der Waals surface area contributed by atoms with Gasteiger partial charge in [0.1, 0.15) is 5.82 Å². The van der Waals surface area contributed by atoms with Gasteiger partial charge in [0.2, 0.25) is 0 Å². The van der Waals surface area contributed by atoms with Gasteiger partial charge in [0.05, 0.1) is 16.3 Å². The Morgan fingerprint density at radius 3 is 2.76 bits per heavy atom. The van der Waals surface area contributed by atoms with Crippen molar-refractivity contribution >= 4 is 40.1 Å². The molecular weight excluding hydrogens is 347 g/mol. The number of benzene rings is 2. The summed E-state index contributed by atoms with van der Waals surface area (Å²) in [5.74, 6) is -1.68. The summed E-state index contributed by atoms with van der Waals surface area (Å²) >= 11 is 5.84. The molecule has 1 amide bonds. The molecule has 0 fully saturated rings. The van der Waals surface area contributed by atoms with E-state index >= 15 is 0 Å². The lowest BCUT2D eigenvalue weighted by Gasteiger charge is -2.08. The van der Waals surface area contributed by atoms with E-state index in [1.807, 2.05) is 35.9 Å². The number of amides is 1. The van der Waals surface area contributed by atoms with Crippen LogP contribution in [0.1, 0.15) is 10.4 Å². The van der Waals surface area contributed by atoms with Gasteiger partial charge in [-0.15, -0.1) is 0 Å². The molecular formula is C18H14ClFN2O3. The number of anilines is 1. The average Bonchev–Trinajstić information content (AvgIpc) is 2.93. The SMILES string of the molecule is Cn1cc(C(=O)OCC(=O)Nc2ccc(F)cc2Cl)c2ccccc21. The van der Waals surface area contributed by atoms with E-state index in [1.54, 1.807) is 6.20 Å². The van der Waals surface area contributed by atoms with Crippen LogP contribution in [-0.4, -0.2) is 23.1 Å². The fourth-order valence-electron chi connectivity index (χ4n) is 2.49. The minimum Gasteiger partial charge on any atom is -0.452 e. The maximum absolute atomic E-state index is 13.0. The minimum absolute atomic E-state index is 0.0636. The molecule has 128 valence electrons. The highest BCUT2D eigenvalue weighted by Crippen LogP contribution is 2.23. The zero-order valence-electron chi connectivity index (χ0n) is 13.3. The Balaban J connectivity index is 1.66. The number of para-hydroxylation sites is 1. The number of carbonyl (C=O) groups is 2. The third kappa shape index (κ3) is 3.64. The van der Waals surface area contributed by atoms with Gasteiger partial charge in [-0.1, -0.05) is 29.8 Å². The van der Waals surface area contributed by atoms with Crippen molar-refractivity contribution < 1.29 is 18.7 Å². The molecule has 0 saturated heterocycles. The molecule has 7 heteroatoms. The van der Waals surface area contributed by atoms with Crippen molar-refractivity contribution in [3.8, 4) is 0 Å². The number of rotatable bonds is 4. The zero-order chi connectivity index (χ0) is 18.0. The van der Waals surface area contributed by atoms with Crippen molar-refractivity contribution in [2.45, 2.75) is 0 Å². The number of aromatic nitrogens is 1. The van der Waals surface area contributed by atoms with Crippen LogP contribution in [0.3, 0.4) is 0 Å². The van der Waals surface area contributed by atoms with E-state index < -0.39 is 24.3 Å². The van der Waals surface area contributed by atoms with Crippen molar-refractivity contribution in [3.63, 3.8) is 0 Å². The van der Waals surface area contributed by atoms with Crippen molar-refractivity contribution in [2.75, 3.05) is 11.9 Å². The minimum atomic E-state index is -0.600. The van der Waals surface area contributed by atoms with Crippen LogP contribution in [0.2, 0.25) is 5.02 Å². The number of fused-ring (bicyclic) bond motifs is 1. The summed E-state index contributed by atoms with van der Waals surface area (Å²) in [5, 5.41) is 3.28. The van der Waals surface area contributed by atoms with Crippen LogP contribution >= 0.6 is 11.6 Å². The average molecular weight is 361 g/mol. The summed E-state index contributed by atoms with van der Waals surface area (Å²) in [6.07, 6.45) is 1.65. The lowest BCUT2D eigenvalue weighted by Crippen LogP contribution is -2.21. The Kier molecular flexibility index (Phi) is 4.72. The molecule has 2 aromatic carbocycles.